The van der Waals surface area contributed by atoms with Gasteiger partial charge in [-0.3, -0.25) is 4.79 Å². The van der Waals surface area contributed by atoms with Gasteiger partial charge in [0, 0.05) is 6.42 Å². The predicted octanol–water partition coefficient (Wildman–Crippen LogP) is 4.13. The third-order valence-corrected chi connectivity index (χ3v) is 8.20. The van der Waals surface area contributed by atoms with E-state index in [-0.39, 0.29) is 5.41 Å². The monoisotopic (exact) mass is 302 g/mol. The van der Waals surface area contributed by atoms with E-state index in [2.05, 4.69) is 20.8 Å². The number of hydrogen-bond donors (Lipinski definition) is 1. The molecule has 1 N–H and O–H groups in total. The fourth-order valence-corrected chi connectivity index (χ4v) is 6.83. The van der Waals surface area contributed by atoms with Crippen LogP contribution in [0.3, 0.4) is 0 Å². The number of aliphatic hydroxyl groups is 1. The standard InChI is InChI=1S/C20H30O2/c1-12-10-13-11-14(21)4-5-15(13)16-6-8-19(2)17(18(12)16)7-9-20(19,3)22/h11-12,15-18,22H,4-10H2,1-3H3/t12-,15+,16+,17-,18-,19+,20+/m1/s1. The van der Waals surface area contributed by atoms with Crippen molar-refractivity contribution < 1.29 is 9.90 Å². The van der Waals surface area contributed by atoms with Gasteiger partial charge in [-0.05, 0) is 86.5 Å². The summed E-state index contributed by atoms with van der Waals surface area (Å²) in [4.78, 5) is 11.8. The molecule has 0 aromatic heterocycles. The van der Waals surface area contributed by atoms with Crippen LogP contribution in [0.4, 0.5) is 0 Å². The van der Waals surface area contributed by atoms with Crippen LogP contribution in [0.2, 0.25) is 0 Å². The van der Waals surface area contributed by atoms with Crippen LogP contribution in [0.5, 0.6) is 0 Å². The number of carbonyl (C=O) groups excluding carboxylic acids is 1. The van der Waals surface area contributed by atoms with E-state index in [0.717, 1.165) is 43.9 Å². The second-order valence-electron chi connectivity index (χ2n) is 9.13. The lowest BCUT2D eigenvalue weighted by molar-refractivity contribution is -0.121. The smallest absolute Gasteiger partial charge is 0.155 e. The Labute approximate surface area is 134 Å². The highest BCUT2D eigenvalue weighted by atomic mass is 16.3. The number of fused-ring (bicyclic) bond motifs is 5. The van der Waals surface area contributed by atoms with Gasteiger partial charge in [-0.15, -0.1) is 0 Å². The first-order valence-corrected chi connectivity index (χ1v) is 9.29. The van der Waals surface area contributed by atoms with Crippen LogP contribution >= 0.6 is 0 Å². The van der Waals surface area contributed by atoms with Gasteiger partial charge in [0.2, 0.25) is 0 Å². The summed E-state index contributed by atoms with van der Waals surface area (Å²) in [6, 6.07) is 0. The highest BCUT2D eigenvalue weighted by molar-refractivity contribution is 5.91. The molecule has 0 aliphatic heterocycles. The molecule has 0 aromatic rings. The number of carbonyl (C=O) groups is 1. The molecule has 0 heterocycles. The Hall–Kier alpha value is -0.630. The third-order valence-electron chi connectivity index (χ3n) is 8.20. The van der Waals surface area contributed by atoms with Gasteiger partial charge < -0.3 is 5.11 Å². The molecular weight excluding hydrogens is 272 g/mol. The minimum absolute atomic E-state index is 0.105. The minimum atomic E-state index is -0.485. The lowest BCUT2D eigenvalue weighted by Gasteiger charge is -2.57. The first-order valence-electron chi connectivity index (χ1n) is 9.29. The summed E-state index contributed by atoms with van der Waals surface area (Å²) in [5.74, 6) is 3.86. The third kappa shape index (κ3) is 1.85. The van der Waals surface area contributed by atoms with E-state index in [4.69, 9.17) is 0 Å². The first-order chi connectivity index (χ1) is 10.3. The Kier molecular flexibility index (Phi) is 3.18. The van der Waals surface area contributed by atoms with E-state index < -0.39 is 5.60 Å². The Balaban J connectivity index is 1.69. The molecule has 0 saturated heterocycles. The van der Waals surface area contributed by atoms with Crippen molar-refractivity contribution in [2.45, 2.75) is 71.3 Å². The van der Waals surface area contributed by atoms with Crippen LogP contribution in [0.1, 0.15) is 65.7 Å². The van der Waals surface area contributed by atoms with Crippen molar-refractivity contribution in [3.63, 3.8) is 0 Å². The molecule has 0 bridgehead atoms. The molecular formula is C20H30O2. The summed E-state index contributed by atoms with van der Waals surface area (Å²) in [5.41, 5.74) is 1.08. The quantitative estimate of drug-likeness (QED) is 0.730. The van der Waals surface area contributed by atoms with E-state index in [1.807, 2.05) is 6.08 Å². The van der Waals surface area contributed by atoms with Gasteiger partial charge >= 0.3 is 0 Å². The van der Waals surface area contributed by atoms with E-state index in [1.54, 1.807) is 0 Å². The van der Waals surface area contributed by atoms with Crippen LogP contribution in [-0.2, 0) is 4.79 Å². The SMILES string of the molecule is C[C@@H]1CC2=CC(=O)CC[C@@H]2[C@@H]2CC[C@@]3(C)[C@H](CC[C@]3(C)O)[C@@H]21. The summed E-state index contributed by atoms with van der Waals surface area (Å²) >= 11 is 0. The molecule has 4 rings (SSSR count). The van der Waals surface area contributed by atoms with Crippen LogP contribution in [0.15, 0.2) is 11.6 Å². The topological polar surface area (TPSA) is 37.3 Å². The molecule has 3 saturated carbocycles. The fraction of sp³-hybridized carbons (Fsp3) is 0.850. The summed E-state index contributed by atoms with van der Waals surface area (Å²) < 4.78 is 0. The van der Waals surface area contributed by atoms with Crippen molar-refractivity contribution in [2.24, 2.45) is 35.0 Å². The summed E-state index contributed by atoms with van der Waals surface area (Å²) in [6.07, 6.45) is 9.51. The predicted molar refractivity (Wildman–Crippen MR) is 87.3 cm³/mol. The Bertz CT molecular complexity index is 532. The zero-order valence-electron chi connectivity index (χ0n) is 14.3. The highest BCUT2D eigenvalue weighted by Gasteiger charge is 2.61. The molecule has 7 atom stereocenters. The van der Waals surface area contributed by atoms with Gasteiger partial charge in [0.15, 0.2) is 5.78 Å². The number of ketones is 1. The van der Waals surface area contributed by atoms with Crippen molar-refractivity contribution in [1.29, 1.82) is 0 Å². The van der Waals surface area contributed by atoms with Crippen molar-refractivity contribution in [3.8, 4) is 0 Å². The molecule has 0 unspecified atom stereocenters. The summed E-state index contributed by atoms with van der Waals surface area (Å²) in [6.45, 7) is 6.82. The van der Waals surface area contributed by atoms with Gasteiger partial charge in [0.1, 0.15) is 0 Å². The van der Waals surface area contributed by atoms with Crippen LogP contribution in [-0.4, -0.2) is 16.5 Å². The molecule has 0 spiro atoms. The molecule has 4 aliphatic carbocycles. The van der Waals surface area contributed by atoms with E-state index in [0.29, 0.717) is 23.5 Å². The summed E-state index contributed by atoms with van der Waals surface area (Å²) in [7, 11) is 0. The van der Waals surface area contributed by atoms with Gasteiger partial charge in [-0.25, -0.2) is 0 Å². The van der Waals surface area contributed by atoms with E-state index in [9.17, 15) is 9.90 Å². The summed E-state index contributed by atoms with van der Waals surface area (Å²) in [5, 5.41) is 10.9. The van der Waals surface area contributed by atoms with Gasteiger partial charge in [-0.2, -0.15) is 0 Å². The average molecular weight is 302 g/mol. The first kappa shape index (κ1) is 14.9. The molecule has 4 aliphatic rings. The van der Waals surface area contributed by atoms with E-state index in [1.165, 1.54) is 18.4 Å². The maximum atomic E-state index is 11.8. The maximum absolute atomic E-state index is 11.8. The highest BCUT2D eigenvalue weighted by Crippen LogP contribution is 2.65. The average Bonchev–Trinajstić information content (AvgIpc) is 2.69. The zero-order chi connectivity index (χ0) is 15.7. The molecule has 122 valence electrons. The second-order valence-corrected chi connectivity index (χ2v) is 9.13. The molecule has 0 amide bonds. The Morgan fingerprint density at radius 1 is 1.18 bits per heavy atom. The van der Waals surface area contributed by atoms with Crippen LogP contribution in [0, 0.1) is 35.0 Å². The number of allylic oxidation sites excluding steroid dienone is 1. The van der Waals surface area contributed by atoms with Gasteiger partial charge in [0.25, 0.3) is 0 Å². The molecule has 0 radical (unpaired) electrons. The Morgan fingerprint density at radius 3 is 2.73 bits per heavy atom. The van der Waals surface area contributed by atoms with Crippen molar-refractivity contribution in [1.82, 2.24) is 0 Å². The molecule has 22 heavy (non-hydrogen) atoms. The van der Waals surface area contributed by atoms with Crippen LogP contribution in [0.25, 0.3) is 0 Å². The lowest BCUT2D eigenvalue weighted by atomic mass is 9.48. The fourth-order valence-electron chi connectivity index (χ4n) is 6.83. The molecule has 2 nitrogen and oxygen atoms in total. The number of hydrogen-bond acceptors (Lipinski definition) is 2. The van der Waals surface area contributed by atoms with Crippen LogP contribution < -0.4 is 0 Å². The number of rotatable bonds is 0. The largest absolute Gasteiger partial charge is 0.390 e. The zero-order valence-corrected chi connectivity index (χ0v) is 14.3. The molecule has 3 fully saturated rings. The second kappa shape index (κ2) is 4.69. The van der Waals surface area contributed by atoms with Crippen molar-refractivity contribution in [3.05, 3.63) is 11.6 Å². The lowest BCUT2D eigenvalue weighted by Crippen LogP contribution is -2.53. The Morgan fingerprint density at radius 2 is 1.95 bits per heavy atom. The molecule has 2 heteroatoms. The van der Waals surface area contributed by atoms with Crippen molar-refractivity contribution >= 4 is 5.78 Å². The maximum Gasteiger partial charge on any atom is 0.155 e. The van der Waals surface area contributed by atoms with Gasteiger partial charge in [-0.1, -0.05) is 19.4 Å². The van der Waals surface area contributed by atoms with Gasteiger partial charge in [0.05, 0.1) is 5.60 Å². The normalized spacial score (nSPS) is 54.3. The van der Waals surface area contributed by atoms with Crippen molar-refractivity contribution in [2.75, 3.05) is 0 Å². The minimum Gasteiger partial charge on any atom is -0.390 e. The van der Waals surface area contributed by atoms with E-state index >= 15 is 0 Å². The molecule has 0 aromatic carbocycles.